The molecule has 2 bridgehead atoms. The van der Waals surface area contributed by atoms with Crippen molar-refractivity contribution in [2.75, 3.05) is 13.1 Å². The van der Waals surface area contributed by atoms with E-state index in [0.29, 0.717) is 12.1 Å². The molecule has 2 aliphatic heterocycles. The fourth-order valence-corrected chi connectivity index (χ4v) is 4.15. The minimum absolute atomic E-state index is 0. The fourth-order valence-electron chi connectivity index (χ4n) is 4.15. The Morgan fingerprint density at radius 1 is 1.23 bits per heavy atom. The van der Waals surface area contributed by atoms with Crippen LogP contribution in [-0.2, 0) is 0 Å². The Labute approximate surface area is 166 Å². The predicted molar refractivity (Wildman–Crippen MR) is 108 cm³/mol. The van der Waals surface area contributed by atoms with Crippen molar-refractivity contribution in [3.63, 3.8) is 0 Å². The van der Waals surface area contributed by atoms with Crippen LogP contribution in [0, 0.1) is 6.92 Å². The number of nitrogens with one attached hydrogen (secondary N) is 1. The molecule has 0 aliphatic carbocycles. The molecule has 26 heavy (non-hydrogen) atoms. The van der Waals surface area contributed by atoms with E-state index < -0.39 is 0 Å². The number of carbonyl (C=O) groups is 1. The number of halogens is 2. The van der Waals surface area contributed by atoms with Crippen LogP contribution in [0.5, 0.6) is 0 Å². The number of carbonyl (C=O) groups excluding carboxylic acids is 1. The van der Waals surface area contributed by atoms with Gasteiger partial charge in [0.05, 0.1) is 17.1 Å². The molecule has 2 fully saturated rings. The third kappa shape index (κ3) is 3.42. The minimum atomic E-state index is 0. The van der Waals surface area contributed by atoms with Crippen molar-refractivity contribution in [3.8, 4) is 0 Å². The average molecular weight is 400 g/mol. The number of rotatable bonds is 2. The molecule has 0 aromatic carbocycles. The number of nitrogens with zero attached hydrogens (tertiary/aromatic N) is 4. The van der Waals surface area contributed by atoms with Crippen LogP contribution in [0.1, 0.15) is 55.2 Å². The molecule has 4 heterocycles. The maximum absolute atomic E-state index is 13.4. The van der Waals surface area contributed by atoms with Gasteiger partial charge in [0.25, 0.3) is 5.91 Å². The highest BCUT2D eigenvalue weighted by Crippen LogP contribution is 2.31. The van der Waals surface area contributed by atoms with Gasteiger partial charge in [-0.25, -0.2) is 9.67 Å². The van der Waals surface area contributed by atoms with E-state index in [9.17, 15) is 4.79 Å². The highest BCUT2D eigenvalue weighted by molar-refractivity contribution is 6.05. The number of hydrogen-bond donors (Lipinski definition) is 1. The van der Waals surface area contributed by atoms with Crippen molar-refractivity contribution in [2.45, 2.75) is 58.2 Å². The van der Waals surface area contributed by atoms with E-state index in [1.165, 1.54) is 0 Å². The van der Waals surface area contributed by atoms with Gasteiger partial charge in [0.2, 0.25) is 0 Å². The molecular formula is C18H27Cl2N5O. The number of pyridine rings is 1. The van der Waals surface area contributed by atoms with Crippen molar-refractivity contribution in [1.82, 2.24) is 25.0 Å². The Bertz CT molecular complexity index is 777. The molecule has 6 nitrogen and oxygen atoms in total. The topological polar surface area (TPSA) is 63.1 Å². The van der Waals surface area contributed by atoms with Crippen LogP contribution in [-0.4, -0.2) is 50.7 Å². The minimum Gasteiger partial charge on any atom is -0.331 e. The van der Waals surface area contributed by atoms with Crippen LogP contribution in [0.15, 0.2) is 12.3 Å². The van der Waals surface area contributed by atoms with Crippen LogP contribution in [0.2, 0.25) is 0 Å². The van der Waals surface area contributed by atoms with Gasteiger partial charge in [-0.15, -0.1) is 24.8 Å². The molecule has 2 aliphatic rings. The SMILES string of the molecule is Cc1cc(C(=O)N2C3CCNCC2CC3)c2cnn(C(C)C)c2n1.Cl.Cl. The summed E-state index contributed by atoms with van der Waals surface area (Å²) in [6, 6.07) is 2.82. The summed E-state index contributed by atoms with van der Waals surface area (Å²) >= 11 is 0. The zero-order valence-corrected chi connectivity index (χ0v) is 17.1. The molecule has 4 rings (SSSR count). The molecule has 2 saturated heterocycles. The lowest BCUT2D eigenvalue weighted by Gasteiger charge is -2.28. The smallest absolute Gasteiger partial charge is 0.255 e. The molecule has 2 atom stereocenters. The van der Waals surface area contributed by atoms with Gasteiger partial charge < -0.3 is 10.2 Å². The molecule has 1 amide bonds. The summed E-state index contributed by atoms with van der Waals surface area (Å²) < 4.78 is 1.90. The molecule has 144 valence electrons. The van der Waals surface area contributed by atoms with Crippen LogP contribution in [0.25, 0.3) is 11.0 Å². The van der Waals surface area contributed by atoms with E-state index in [1.807, 2.05) is 17.7 Å². The van der Waals surface area contributed by atoms with Crippen molar-refractivity contribution in [1.29, 1.82) is 0 Å². The summed E-state index contributed by atoms with van der Waals surface area (Å²) in [6.45, 7) is 8.02. The number of aryl methyl sites for hydroxylation is 1. The first-order valence-electron chi connectivity index (χ1n) is 8.94. The Balaban J connectivity index is 0.00000121. The second-order valence-corrected chi connectivity index (χ2v) is 7.32. The van der Waals surface area contributed by atoms with Crippen LogP contribution in [0.3, 0.4) is 0 Å². The first kappa shape index (κ1) is 20.9. The van der Waals surface area contributed by atoms with Gasteiger partial charge in [-0.2, -0.15) is 5.10 Å². The van der Waals surface area contributed by atoms with Crippen molar-refractivity contribution < 1.29 is 4.79 Å². The van der Waals surface area contributed by atoms with Gasteiger partial charge in [0, 0.05) is 30.4 Å². The quantitative estimate of drug-likeness (QED) is 0.842. The molecular weight excluding hydrogens is 373 g/mol. The molecule has 2 aromatic heterocycles. The number of aromatic nitrogens is 3. The highest BCUT2D eigenvalue weighted by atomic mass is 35.5. The normalized spacial score (nSPS) is 22.1. The lowest BCUT2D eigenvalue weighted by atomic mass is 10.1. The van der Waals surface area contributed by atoms with Crippen LogP contribution < -0.4 is 5.32 Å². The van der Waals surface area contributed by atoms with Crippen molar-refractivity contribution in [3.05, 3.63) is 23.5 Å². The third-order valence-electron chi connectivity index (χ3n) is 5.30. The summed E-state index contributed by atoms with van der Waals surface area (Å²) in [4.78, 5) is 20.2. The molecule has 8 heteroatoms. The van der Waals surface area contributed by atoms with Gasteiger partial charge in [-0.1, -0.05) is 0 Å². The zero-order valence-electron chi connectivity index (χ0n) is 15.4. The maximum atomic E-state index is 13.4. The van der Waals surface area contributed by atoms with E-state index >= 15 is 0 Å². The second kappa shape index (κ2) is 8.11. The zero-order chi connectivity index (χ0) is 16.8. The molecule has 1 N–H and O–H groups in total. The summed E-state index contributed by atoms with van der Waals surface area (Å²) in [5.41, 5.74) is 2.44. The monoisotopic (exact) mass is 399 g/mol. The Kier molecular flexibility index (Phi) is 6.53. The van der Waals surface area contributed by atoms with Gasteiger partial charge in [-0.05, 0) is 52.6 Å². The first-order chi connectivity index (χ1) is 11.6. The van der Waals surface area contributed by atoms with Crippen LogP contribution in [0.4, 0.5) is 0 Å². The van der Waals surface area contributed by atoms with Gasteiger partial charge >= 0.3 is 0 Å². The lowest BCUT2D eigenvalue weighted by Crippen LogP contribution is -2.42. The van der Waals surface area contributed by atoms with E-state index in [2.05, 4.69) is 34.1 Å². The van der Waals surface area contributed by atoms with Crippen molar-refractivity contribution in [2.24, 2.45) is 0 Å². The van der Waals surface area contributed by atoms with Crippen LogP contribution >= 0.6 is 24.8 Å². The van der Waals surface area contributed by atoms with Crippen molar-refractivity contribution >= 4 is 41.8 Å². The van der Waals surface area contributed by atoms with Gasteiger partial charge in [0.1, 0.15) is 0 Å². The highest BCUT2D eigenvalue weighted by Gasteiger charge is 2.39. The number of hydrogen-bond acceptors (Lipinski definition) is 4. The lowest BCUT2D eigenvalue weighted by molar-refractivity contribution is 0.0682. The standard InChI is InChI=1S/C18H25N5O.2ClH/c1-11(2)23-17-16(10-20-23)15(8-12(3)21-17)18(24)22-13-4-5-14(22)9-19-7-6-13;;/h8,10-11,13-14,19H,4-7,9H2,1-3H3;2*1H. The Morgan fingerprint density at radius 3 is 2.69 bits per heavy atom. The fraction of sp³-hybridized carbons (Fsp3) is 0.611. The van der Waals surface area contributed by atoms with Gasteiger partial charge in [0.15, 0.2) is 5.65 Å². The predicted octanol–water partition coefficient (Wildman–Crippen LogP) is 3.13. The number of amides is 1. The van der Waals surface area contributed by atoms with E-state index in [4.69, 9.17) is 0 Å². The van der Waals surface area contributed by atoms with E-state index in [-0.39, 0.29) is 36.8 Å². The summed E-state index contributed by atoms with van der Waals surface area (Å²) in [6.07, 6.45) is 5.06. The Morgan fingerprint density at radius 2 is 1.96 bits per heavy atom. The average Bonchev–Trinajstić information content (AvgIpc) is 3.05. The van der Waals surface area contributed by atoms with E-state index in [1.54, 1.807) is 6.20 Å². The van der Waals surface area contributed by atoms with E-state index in [0.717, 1.165) is 54.6 Å². The molecule has 0 saturated carbocycles. The molecule has 2 aromatic rings. The molecule has 0 spiro atoms. The third-order valence-corrected chi connectivity index (χ3v) is 5.30. The van der Waals surface area contributed by atoms with Gasteiger partial charge in [-0.3, -0.25) is 4.79 Å². The maximum Gasteiger partial charge on any atom is 0.255 e. The largest absolute Gasteiger partial charge is 0.331 e. The Hall–Kier alpha value is -1.37. The summed E-state index contributed by atoms with van der Waals surface area (Å²) in [7, 11) is 0. The molecule has 0 radical (unpaired) electrons. The molecule has 2 unspecified atom stereocenters. The summed E-state index contributed by atoms with van der Waals surface area (Å²) in [5, 5.41) is 8.80. The second-order valence-electron chi connectivity index (χ2n) is 7.32. The first-order valence-corrected chi connectivity index (χ1v) is 8.94. The number of fused-ring (bicyclic) bond motifs is 3. The summed E-state index contributed by atoms with van der Waals surface area (Å²) in [5.74, 6) is 0.144.